The first-order chi connectivity index (χ1) is 14.1. The molecule has 0 atom stereocenters. The lowest BCUT2D eigenvalue weighted by atomic mass is 10.2. The molecule has 0 radical (unpaired) electrons. The Labute approximate surface area is 185 Å². The van der Waals surface area contributed by atoms with Crippen LogP contribution in [0.2, 0.25) is 0 Å². The molecule has 0 amide bonds. The van der Waals surface area contributed by atoms with Gasteiger partial charge >= 0.3 is 5.97 Å². The van der Waals surface area contributed by atoms with Crippen molar-refractivity contribution in [2.24, 2.45) is 0 Å². The number of benzene rings is 2. The van der Waals surface area contributed by atoms with Gasteiger partial charge < -0.3 is 4.74 Å². The van der Waals surface area contributed by atoms with Gasteiger partial charge in [-0.25, -0.2) is 4.98 Å². The molecule has 1 aromatic heterocycles. The first kappa shape index (κ1) is 20.3. The highest BCUT2D eigenvalue weighted by atomic mass is 79.9. The summed E-state index contributed by atoms with van der Waals surface area (Å²) >= 11 is 6.18. The second kappa shape index (κ2) is 9.19. The molecule has 0 spiro atoms. The zero-order valence-corrected chi connectivity index (χ0v) is 18.6. The molecule has 0 fully saturated rings. The average molecular weight is 489 g/mol. The number of thioether (sulfide) groups is 2. The number of halogens is 1. The molecule has 148 valence electrons. The fourth-order valence-electron chi connectivity index (χ4n) is 2.91. The number of hydrogen-bond donors (Lipinski definition) is 0. The minimum atomic E-state index is -0.342. The van der Waals surface area contributed by atoms with E-state index in [1.54, 1.807) is 4.57 Å². The molecule has 0 unspecified atom stereocenters. The lowest BCUT2D eigenvalue weighted by Gasteiger charge is -2.13. The number of esters is 1. The van der Waals surface area contributed by atoms with Crippen LogP contribution in [0.3, 0.4) is 0 Å². The Morgan fingerprint density at radius 1 is 1.17 bits per heavy atom. The summed E-state index contributed by atoms with van der Waals surface area (Å²) < 4.78 is 7.86. The third kappa shape index (κ3) is 4.76. The van der Waals surface area contributed by atoms with Gasteiger partial charge in [-0.1, -0.05) is 58.0 Å². The van der Waals surface area contributed by atoms with Crippen LogP contribution in [-0.2, 0) is 22.6 Å². The van der Waals surface area contributed by atoms with Crippen molar-refractivity contribution in [1.82, 2.24) is 9.55 Å². The highest BCUT2D eigenvalue weighted by Crippen LogP contribution is 2.30. The number of nitrogens with zero attached hydrogens (tertiary/aromatic N) is 2. The summed E-state index contributed by atoms with van der Waals surface area (Å²) in [7, 11) is 0. The van der Waals surface area contributed by atoms with E-state index in [1.165, 1.54) is 23.5 Å². The third-order valence-corrected chi connectivity index (χ3v) is 6.86. The molecule has 1 aliphatic heterocycles. The van der Waals surface area contributed by atoms with Crippen molar-refractivity contribution in [1.29, 1.82) is 0 Å². The first-order valence-corrected chi connectivity index (χ1v) is 11.8. The first-order valence-electron chi connectivity index (χ1n) is 8.99. The van der Waals surface area contributed by atoms with Crippen molar-refractivity contribution in [3.8, 4) is 5.69 Å². The van der Waals surface area contributed by atoms with E-state index < -0.39 is 0 Å². The molecule has 29 heavy (non-hydrogen) atoms. The maximum absolute atomic E-state index is 13.1. The molecule has 0 aliphatic carbocycles. The molecule has 5 nitrogen and oxygen atoms in total. The van der Waals surface area contributed by atoms with Crippen LogP contribution >= 0.6 is 39.5 Å². The number of carbonyl (C=O) groups excluding carboxylic acids is 1. The number of rotatable bonds is 6. The topological polar surface area (TPSA) is 61.2 Å². The summed E-state index contributed by atoms with van der Waals surface area (Å²) in [5.74, 6) is 0.595. The van der Waals surface area contributed by atoms with Crippen molar-refractivity contribution in [3.05, 3.63) is 80.7 Å². The van der Waals surface area contributed by atoms with E-state index in [2.05, 4.69) is 20.9 Å². The summed E-state index contributed by atoms with van der Waals surface area (Å²) in [6.07, 6.45) is 0.766. The Balaban J connectivity index is 1.55. The van der Waals surface area contributed by atoms with Gasteiger partial charge in [0.15, 0.2) is 5.16 Å². The van der Waals surface area contributed by atoms with Crippen molar-refractivity contribution >= 4 is 45.4 Å². The fraction of sp³-hybridized carbons (Fsp3) is 0.190. The standard InChI is InChI=1S/C21H17BrN2O3S2/c22-15-6-8-16(9-7-15)24-20(26)19-17(10-11-28-19)23-21(24)29-13-18(25)27-12-14-4-2-1-3-5-14/h1-9H,10-13H2. The number of ether oxygens (including phenoxy) is 1. The number of aryl methyl sites for hydroxylation is 1. The van der Waals surface area contributed by atoms with E-state index in [4.69, 9.17) is 4.74 Å². The van der Waals surface area contributed by atoms with Crippen LogP contribution in [0.25, 0.3) is 5.69 Å². The van der Waals surface area contributed by atoms with Crippen LogP contribution in [0.1, 0.15) is 11.3 Å². The molecule has 0 saturated carbocycles. The van der Waals surface area contributed by atoms with E-state index >= 15 is 0 Å². The molecule has 4 rings (SSSR count). The van der Waals surface area contributed by atoms with Crippen LogP contribution in [0.15, 0.2) is 73.9 Å². The Morgan fingerprint density at radius 3 is 2.69 bits per heavy atom. The Kier molecular flexibility index (Phi) is 6.42. The normalized spacial score (nSPS) is 12.6. The van der Waals surface area contributed by atoms with Crippen LogP contribution in [-0.4, -0.2) is 27.0 Å². The number of hydrogen-bond acceptors (Lipinski definition) is 6. The quantitative estimate of drug-likeness (QED) is 0.289. The molecule has 0 bridgehead atoms. The highest BCUT2D eigenvalue weighted by molar-refractivity contribution is 9.10. The van der Waals surface area contributed by atoms with Crippen molar-refractivity contribution < 1.29 is 9.53 Å². The van der Waals surface area contributed by atoms with E-state index in [0.29, 0.717) is 10.1 Å². The van der Waals surface area contributed by atoms with Crippen LogP contribution in [0.5, 0.6) is 0 Å². The number of carbonyl (C=O) groups is 1. The van der Waals surface area contributed by atoms with Crippen molar-refractivity contribution in [2.75, 3.05) is 11.5 Å². The van der Waals surface area contributed by atoms with Gasteiger partial charge in [0, 0.05) is 16.6 Å². The molecular weight excluding hydrogens is 472 g/mol. The average Bonchev–Trinajstić information content (AvgIpc) is 3.21. The Bertz CT molecular complexity index is 1090. The lowest BCUT2D eigenvalue weighted by molar-refractivity contribution is -0.141. The van der Waals surface area contributed by atoms with Gasteiger partial charge in [0.1, 0.15) is 6.61 Å². The summed E-state index contributed by atoms with van der Waals surface area (Å²) in [5.41, 5.74) is 2.39. The van der Waals surface area contributed by atoms with E-state index in [9.17, 15) is 9.59 Å². The monoisotopic (exact) mass is 488 g/mol. The maximum atomic E-state index is 13.1. The number of fused-ring (bicyclic) bond motifs is 1. The van der Waals surface area contributed by atoms with Gasteiger partial charge in [0.25, 0.3) is 5.56 Å². The molecule has 2 heterocycles. The van der Waals surface area contributed by atoms with Crippen LogP contribution in [0.4, 0.5) is 0 Å². The summed E-state index contributed by atoms with van der Waals surface area (Å²) in [5, 5.41) is 0.509. The molecule has 2 aromatic carbocycles. The van der Waals surface area contributed by atoms with E-state index in [-0.39, 0.29) is 23.9 Å². The highest BCUT2D eigenvalue weighted by Gasteiger charge is 2.23. The number of aromatic nitrogens is 2. The van der Waals surface area contributed by atoms with Gasteiger partial charge in [0.2, 0.25) is 0 Å². The molecule has 3 aromatic rings. The van der Waals surface area contributed by atoms with Gasteiger partial charge in [-0.15, -0.1) is 11.8 Å². The maximum Gasteiger partial charge on any atom is 0.316 e. The smallest absolute Gasteiger partial charge is 0.316 e. The zero-order chi connectivity index (χ0) is 20.2. The van der Waals surface area contributed by atoms with Crippen LogP contribution < -0.4 is 5.56 Å². The molecule has 1 aliphatic rings. The predicted octanol–water partition coefficient (Wildman–Crippen LogP) is 4.48. The van der Waals surface area contributed by atoms with Gasteiger partial charge in [-0.2, -0.15) is 0 Å². The lowest BCUT2D eigenvalue weighted by Crippen LogP contribution is -2.24. The predicted molar refractivity (Wildman–Crippen MR) is 119 cm³/mol. The van der Waals surface area contributed by atoms with E-state index in [0.717, 1.165) is 33.6 Å². The van der Waals surface area contributed by atoms with Crippen molar-refractivity contribution in [3.63, 3.8) is 0 Å². The minimum Gasteiger partial charge on any atom is -0.460 e. The SMILES string of the molecule is O=C(CSc1nc2c(c(=O)n1-c1ccc(Br)cc1)SCC2)OCc1ccccc1. The molecule has 8 heteroatoms. The molecular formula is C21H17BrN2O3S2. The van der Waals surface area contributed by atoms with Gasteiger partial charge in [-0.05, 0) is 29.8 Å². The van der Waals surface area contributed by atoms with Crippen molar-refractivity contribution in [2.45, 2.75) is 23.1 Å². The van der Waals surface area contributed by atoms with E-state index in [1.807, 2.05) is 54.6 Å². The summed E-state index contributed by atoms with van der Waals surface area (Å²) in [6.45, 7) is 0.230. The van der Waals surface area contributed by atoms with Gasteiger partial charge in [0.05, 0.1) is 22.0 Å². The van der Waals surface area contributed by atoms with Gasteiger partial charge in [-0.3, -0.25) is 14.2 Å². The fourth-order valence-corrected chi connectivity index (χ4v) is 5.03. The summed E-state index contributed by atoms with van der Waals surface area (Å²) in [4.78, 5) is 30.7. The second-order valence-corrected chi connectivity index (χ2v) is 9.28. The Morgan fingerprint density at radius 2 is 1.93 bits per heavy atom. The zero-order valence-electron chi connectivity index (χ0n) is 15.3. The Hall–Kier alpha value is -2.03. The molecule has 0 saturated heterocycles. The largest absolute Gasteiger partial charge is 0.460 e. The minimum absolute atomic E-state index is 0.0834. The second-order valence-electron chi connectivity index (χ2n) is 6.32. The third-order valence-electron chi connectivity index (χ3n) is 4.31. The summed E-state index contributed by atoms with van der Waals surface area (Å²) in [6, 6.07) is 17.0. The van der Waals surface area contributed by atoms with Crippen LogP contribution in [0, 0.1) is 0 Å². The molecule has 0 N–H and O–H groups in total.